The quantitative estimate of drug-likeness (QED) is 0.0623. The standard InChI is InChI=1S/C21H38N.C18H30O3S/c1-4-5-6-7-8-9-10-11-12-16-19-22(2,3)20-21-17-14-13-15-18-21;1-2-3-4-5-6-7-8-9-10-11-14-17-15-12-13-16-18(17)22(19,20)21/h13-15,17-18H,4-12,16,19-20H2,1-3H3;12-13,15-16H,2-11,14H2,1H3,(H,19,20,21)/q+1;/p-1. The molecule has 0 spiro atoms. The smallest absolute Gasteiger partial charge is 0.124 e. The topological polar surface area (TPSA) is 57.2 Å². The average Bonchev–Trinajstić information content (AvgIpc) is 2.99. The molecule has 0 saturated carbocycles. The van der Waals surface area contributed by atoms with Crippen molar-refractivity contribution in [3.05, 3.63) is 65.7 Å². The van der Waals surface area contributed by atoms with Gasteiger partial charge in [0.15, 0.2) is 0 Å². The van der Waals surface area contributed by atoms with E-state index in [1.807, 2.05) is 0 Å². The largest absolute Gasteiger partial charge is 0.744 e. The van der Waals surface area contributed by atoms with E-state index in [0.717, 1.165) is 23.9 Å². The van der Waals surface area contributed by atoms with E-state index in [1.165, 1.54) is 134 Å². The monoisotopic (exact) mass is 629 g/mol. The van der Waals surface area contributed by atoms with Crippen molar-refractivity contribution >= 4 is 10.1 Å². The second-order valence-corrected chi connectivity index (χ2v) is 14.8. The van der Waals surface area contributed by atoms with Crippen LogP contribution in [-0.4, -0.2) is 38.1 Å². The lowest BCUT2D eigenvalue weighted by Gasteiger charge is -2.30. The van der Waals surface area contributed by atoms with Crippen LogP contribution in [0.5, 0.6) is 0 Å². The van der Waals surface area contributed by atoms with Gasteiger partial charge in [-0.1, -0.05) is 172 Å². The number of hydrogen-bond acceptors (Lipinski definition) is 3. The zero-order valence-electron chi connectivity index (χ0n) is 29.0. The Morgan fingerprint density at radius 2 is 0.955 bits per heavy atom. The molecule has 5 heteroatoms. The van der Waals surface area contributed by atoms with Crippen LogP contribution in [0.15, 0.2) is 59.5 Å². The molecule has 0 aromatic heterocycles. The van der Waals surface area contributed by atoms with Crippen molar-refractivity contribution in [1.82, 2.24) is 0 Å². The normalized spacial score (nSPS) is 11.8. The van der Waals surface area contributed by atoms with Crippen LogP contribution < -0.4 is 0 Å². The van der Waals surface area contributed by atoms with Crippen molar-refractivity contribution in [2.24, 2.45) is 0 Å². The fourth-order valence-corrected chi connectivity index (χ4v) is 6.68. The Morgan fingerprint density at radius 1 is 0.545 bits per heavy atom. The van der Waals surface area contributed by atoms with Gasteiger partial charge in [-0.3, -0.25) is 0 Å². The molecule has 0 saturated heterocycles. The lowest BCUT2D eigenvalue weighted by molar-refractivity contribution is -0.903. The van der Waals surface area contributed by atoms with Crippen LogP contribution in [0.4, 0.5) is 0 Å². The van der Waals surface area contributed by atoms with Gasteiger partial charge < -0.3 is 9.04 Å². The summed E-state index contributed by atoms with van der Waals surface area (Å²) in [5.41, 5.74) is 2.12. The van der Waals surface area contributed by atoms with Crippen LogP contribution in [0.25, 0.3) is 0 Å². The molecule has 0 fully saturated rings. The first-order valence-corrected chi connectivity index (χ1v) is 19.5. The Bertz CT molecular complexity index is 1040. The molecule has 44 heavy (non-hydrogen) atoms. The summed E-state index contributed by atoms with van der Waals surface area (Å²) in [7, 11) is 0.378. The molecule has 0 unspecified atom stereocenters. The average molecular weight is 630 g/mol. The predicted molar refractivity (Wildman–Crippen MR) is 189 cm³/mol. The second-order valence-electron chi connectivity index (χ2n) is 13.5. The van der Waals surface area contributed by atoms with Gasteiger partial charge in [-0.2, -0.15) is 0 Å². The number of benzene rings is 2. The molecule has 4 nitrogen and oxygen atoms in total. The first-order chi connectivity index (χ1) is 21.2. The Kier molecular flexibility index (Phi) is 23.4. The molecule has 2 aromatic carbocycles. The number of nitrogens with zero attached hydrogens (tertiary/aromatic N) is 1. The number of unbranched alkanes of at least 4 members (excludes halogenated alkanes) is 18. The van der Waals surface area contributed by atoms with Crippen LogP contribution in [-0.2, 0) is 23.1 Å². The lowest BCUT2D eigenvalue weighted by Crippen LogP contribution is -2.39. The van der Waals surface area contributed by atoms with Crippen molar-refractivity contribution in [2.75, 3.05) is 20.6 Å². The van der Waals surface area contributed by atoms with E-state index >= 15 is 0 Å². The van der Waals surface area contributed by atoms with E-state index in [-0.39, 0.29) is 4.90 Å². The van der Waals surface area contributed by atoms with Crippen molar-refractivity contribution in [3.8, 4) is 0 Å². The molecule has 0 bridgehead atoms. The summed E-state index contributed by atoms with van der Waals surface area (Å²) in [6, 6.07) is 17.5. The maximum Gasteiger partial charge on any atom is 0.124 e. The summed E-state index contributed by atoms with van der Waals surface area (Å²) in [4.78, 5) is -0.0501. The molecule has 0 aliphatic carbocycles. The number of rotatable bonds is 25. The molecule has 0 aliphatic heterocycles. The van der Waals surface area contributed by atoms with E-state index in [2.05, 4.69) is 58.3 Å². The first kappa shape index (κ1) is 40.3. The van der Waals surface area contributed by atoms with Gasteiger partial charge in [-0.05, 0) is 37.3 Å². The fourth-order valence-electron chi connectivity index (χ4n) is 5.94. The Balaban J connectivity index is 0.000000440. The first-order valence-electron chi connectivity index (χ1n) is 18.1. The van der Waals surface area contributed by atoms with Crippen LogP contribution >= 0.6 is 0 Å². The third-order valence-corrected chi connectivity index (χ3v) is 9.55. The molecule has 0 radical (unpaired) electrons. The summed E-state index contributed by atoms with van der Waals surface area (Å²) in [5, 5.41) is 0. The molecule has 0 atom stereocenters. The zero-order valence-corrected chi connectivity index (χ0v) is 29.9. The summed E-state index contributed by atoms with van der Waals surface area (Å²) < 4.78 is 34.7. The number of hydrogen-bond donors (Lipinski definition) is 0. The second kappa shape index (κ2) is 25.5. The molecule has 2 rings (SSSR count). The molecule has 0 N–H and O–H groups in total. The van der Waals surface area contributed by atoms with Crippen LogP contribution in [0.1, 0.15) is 153 Å². The Hall–Kier alpha value is -1.69. The minimum Gasteiger partial charge on any atom is -0.744 e. The molecular formula is C39H67NO3S. The molecular weight excluding hydrogens is 563 g/mol. The van der Waals surface area contributed by atoms with E-state index < -0.39 is 10.1 Å². The summed E-state index contributed by atoms with van der Waals surface area (Å²) in [6.07, 6.45) is 27.4. The highest BCUT2D eigenvalue weighted by atomic mass is 32.2. The van der Waals surface area contributed by atoms with Crippen molar-refractivity contribution in [3.63, 3.8) is 0 Å². The van der Waals surface area contributed by atoms with Gasteiger partial charge in [-0.25, -0.2) is 8.42 Å². The van der Waals surface area contributed by atoms with Crippen molar-refractivity contribution < 1.29 is 17.5 Å². The molecule has 2 aromatic rings. The lowest BCUT2D eigenvalue weighted by atomic mass is 10.0. The highest BCUT2D eigenvalue weighted by Crippen LogP contribution is 2.19. The predicted octanol–water partition coefficient (Wildman–Crippen LogP) is 11.2. The third kappa shape index (κ3) is 21.9. The van der Waals surface area contributed by atoms with Gasteiger partial charge in [0, 0.05) is 5.56 Å². The Morgan fingerprint density at radius 3 is 1.43 bits per heavy atom. The van der Waals surface area contributed by atoms with Gasteiger partial charge in [-0.15, -0.1) is 0 Å². The number of quaternary nitrogens is 1. The van der Waals surface area contributed by atoms with Crippen molar-refractivity contribution in [2.45, 2.75) is 160 Å². The highest BCUT2D eigenvalue weighted by Gasteiger charge is 2.15. The van der Waals surface area contributed by atoms with Crippen LogP contribution in [0, 0.1) is 0 Å². The van der Waals surface area contributed by atoms with Gasteiger partial charge in [0.2, 0.25) is 0 Å². The van der Waals surface area contributed by atoms with E-state index in [4.69, 9.17) is 0 Å². The van der Waals surface area contributed by atoms with Crippen LogP contribution in [0.3, 0.4) is 0 Å². The molecule has 0 aliphatic rings. The SMILES string of the molecule is CCCCCCCCCCCC[N+](C)(C)Cc1ccccc1.CCCCCCCCCCCCc1ccccc1S(=O)(=O)[O-]. The maximum absolute atomic E-state index is 11.2. The summed E-state index contributed by atoms with van der Waals surface area (Å²) >= 11 is 0. The van der Waals surface area contributed by atoms with Gasteiger partial charge in [0.1, 0.15) is 16.7 Å². The Labute approximate surface area is 273 Å². The van der Waals surface area contributed by atoms with Gasteiger partial charge in [0.05, 0.1) is 25.5 Å². The minimum absolute atomic E-state index is 0.0501. The highest BCUT2D eigenvalue weighted by molar-refractivity contribution is 7.85. The van der Waals surface area contributed by atoms with Crippen molar-refractivity contribution in [1.29, 1.82) is 0 Å². The fraction of sp³-hybridized carbons (Fsp3) is 0.692. The van der Waals surface area contributed by atoms with E-state index in [9.17, 15) is 13.0 Å². The van der Waals surface area contributed by atoms with Crippen LogP contribution in [0.2, 0.25) is 0 Å². The third-order valence-electron chi connectivity index (χ3n) is 8.61. The van der Waals surface area contributed by atoms with E-state index in [1.54, 1.807) is 18.2 Å². The minimum atomic E-state index is -4.35. The summed E-state index contributed by atoms with van der Waals surface area (Å²) in [6.45, 7) is 6.97. The number of aryl methyl sites for hydroxylation is 1. The van der Waals surface area contributed by atoms with Gasteiger partial charge in [0.25, 0.3) is 0 Å². The summed E-state index contributed by atoms with van der Waals surface area (Å²) in [5.74, 6) is 0. The maximum atomic E-state index is 11.2. The van der Waals surface area contributed by atoms with E-state index in [0.29, 0.717) is 12.0 Å². The molecule has 252 valence electrons. The van der Waals surface area contributed by atoms with Gasteiger partial charge >= 0.3 is 0 Å². The molecule has 0 amide bonds. The zero-order chi connectivity index (χ0) is 32.4. The molecule has 0 heterocycles.